The van der Waals surface area contributed by atoms with Gasteiger partial charge in [0.05, 0.1) is 12.9 Å². The van der Waals surface area contributed by atoms with Gasteiger partial charge in [-0.3, -0.25) is 4.57 Å². The smallest absolute Gasteiger partial charge is 0.167 e. The summed E-state index contributed by atoms with van der Waals surface area (Å²) in [5.74, 6) is 1.92. The molecule has 1 aliphatic heterocycles. The van der Waals surface area contributed by atoms with Crippen molar-refractivity contribution < 1.29 is 24.8 Å². The Morgan fingerprint density at radius 2 is 1.69 bits per heavy atom. The molecule has 32 heavy (non-hydrogen) atoms. The summed E-state index contributed by atoms with van der Waals surface area (Å²) in [4.78, 5) is 12.9. The fourth-order valence-corrected chi connectivity index (χ4v) is 3.61. The standard InChI is InChI=1S/C22H21N5O5/c28-10-16-18(29)19(30)22(32-16)27-12-25-17-20(23-11-24-21(17)27)26-13-6-8-15(9-7-13)31-14-4-2-1-3-5-14/h1-9,11-12,16,18-19,22,28-30H,10H2,(H,23,24,26)/t16-,18?,19?,22-/m1/s1. The molecule has 0 saturated carbocycles. The molecule has 1 fully saturated rings. The van der Waals surface area contributed by atoms with Crippen LogP contribution in [-0.4, -0.2) is 59.8 Å². The lowest BCUT2D eigenvalue weighted by atomic mass is 10.1. The Morgan fingerprint density at radius 1 is 0.938 bits per heavy atom. The van der Waals surface area contributed by atoms with Crippen LogP contribution in [0.25, 0.3) is 11.2 Å². The molecule has 2 aromatic heterocycles. The third-order valence-corrected chi connectivity index (χ3v) is 5.25. The van der Waals surface area contributed by atoms with Crippen LogP contribution in [0.4, 0.5) is 11.5 Å². The average Bonchev–Trinajstić information content (AvgIpc) is 3.37. The van der Waals surface area contributed by atoms with Crippen LogP contribution in [0.3, 0.4) is 0 Å². The van der Waals surface area contributed by atoms with E-state index in [0.29, 0.717) is 22.7 Å². The minimum absolute atomic E-state index is 0.410. The molecule has 4 aromatic rings. The summed E-state index contributed by atoms with van der Waals surface area (Å²) >= 11 is 0. The molecule has 0 bridgehead atoms. The van der Waals surface area contributed by atoms with Crippen LogP contribution in [0.5, 0.6) is 11.5 Å². The highest BCUT2D eigenvalue weighted by atomic mass is 16.6. The van der Waals surface area contributed by atoms with Crippen molar-refractivity contribution in [2.75, 3.05) is 11.9 Å². The molecule has 2 aromatic carbocycles. The van der Waals surface area contributed by atoms with Gasteiger partial charge in [-0.05, 0) is 36.4 Å². The maximum absolute atomic E-state index is 10.3. The quantitative estimate of drug-likeness (QED) is 0.358. The molecule has 1 saturated heterocycles. The lowest BCUT2D eigenvalue weighted by Gasteiger charge is -2.16. The van der Waals surface area contributed by atoms with Gasteiger partial charge in [-0.25, -0.2) is 15.0 Å². The van der Waals surface area contributed by atoms with Crippen molar-refractivity contribution in [3.8, 4) is 11.5 Å². The van der Waals surface area contributed by atoms with E-state index in [-0.39, 0.29) is 0 Å². The monoisotopic (exact) mass is 435 g/mol. The third kappa shape index (κ3) is 3.76. The molecule has 0 aliphatic carbocycles. The molecule has 164 valence electrons. The molecule has 5 rings (SSSR count). The van der Waals surface area contributed by atoms with Gasteiger partial charge in [0.1, 0.15) is 36.1 Å². The lowest BCUT2D eigenvalue weighted by Crippen LogP contribution is -2.33. The number of para-hydroxylation sites is 1. The summed E-state index contributed by atoms with van der Waals surface area (Å²) in [5, 5.41) is 32.9. The molecule has 0 radical (unpaired) electrons. The Bertz CT molecular complexity index is 1200. The first-order valence-corrected chi connectivity index (χ1v) is 10.0. The predicted molar refractivity (Wildman–Crippen MR) is 115 cm³/mol. The number of aromatic nitrogens is 4. The van der Waals surface area contributed by atoms with Gasteiger partial charge in [-0.15, -0.1) is 0 Å². The minimum Gasteiger partial charge on any atom is -0.457 e. The van der Waals surface area contributed by atoms with Crippen molar-refractivity contribution in [3.63, 3.8) is 0 Å². The zero-order valence-electron chi connectivity index (χ0n) is 16.8. The van der Waals surface area contributed by atoms with Gasteiger partial charge in [0, 0.05) is 5.69 Å². The van der Waals surface area contributed by atoms with Gasteiger partial charge >= 0.3 is 0 Å². The number of nitrogens with one attached hydrogen (secondary N) is 1. The normalized spacial score (nSPS) is 22.8. The van der Waals surface area contributed by atoms with E-state index < -0.39 is 31.1 Å². The number of benzene rings is 2. The second-order valence-corrected chi connectivity index (χ2v) is 7.34. The van der Waals surface area contributed by atoms with Gasteiger partial charge in [-0.1, -0.05) is 18.2 Å². The maximum Gasteiger partial charge on any atom is 0.167 e. The van der Waals surface area contributed by atoms with Gasteiger partial charge in [0.25, 0.3) is 0 Å². The Labute approximate surface area is 182 Å². The lowest BCUT2D eigenvalue weighted by molar-refractivity contribution is -0.0511. The zero-order chi connectivity index (χ0) is 22.1. The summed E-state index contributed by atoms with van der Waals surface area (Å²) in [6, 6.07) is 16.9. The van der Waals surface area contributed by atoms with E-state index in [4.69, 9.17) is 9.47 Å². The number of anilines is 2. The highest BCUT2D eigenvalue weighted by Crippen LogP contribution is 2.32. The molecule has 0 spiro atoms. The molecular weight excluding hydrogens is 414 g/mol. The molecule has 10 nitrogen and oxygen atoms in total. The summed E-state index contributed by atoms with van der Waals surface area (Å²) in [5.41, 5.74) is 1.66. The third-order valence-electron chi connectivity index (χ3n) is 5.25. The van der Waals surface area contributed by atoms with E-state index in [9.17, 15) is 15.3 Å². The van der Waals surface area contributed by atoms with Crippen LogP contribution in [0.15, 0.2) is 67.3 Å². The molecule has 1 aliphatic rings. The predicted octanol–water partition coefficient (Wildman–Crippen LogP) is 1.97. The molecule has 4 N–H and O–H groups in total. The van der Waals surface area contributed by atoms with E-state index in [1.165, 1.54) is 17.2 Å². The molecule has 10 heteroatoms. The van der Waals surface area contributed by atoms with Gasteiger partial charge < -0.3 is 30.1 Å². The summed E-state index contributed by atoms with van der Waals surface area (Å²) in [7, 11) is 0. The largest absolute Gasteiger partial charge is 0.457 e. The van der Waals surface area contributed by atoms with Crippen LogP contribution in [0, 0.1) is 0 Å². The maximum atomic E-state index is 10.3. The van der Waals surface area contributed by atoms with Crippen molar-refractivity contribution >= 4 is 22.7 Å². The number of hydrogen-bond donors (Lipinski definition) is 4. The van der Waals surface area contributed by atoms with Crippen molar-refractivity contribution in [3.05, 3.63) is 67.3 Å². The molecule has 0 amide bonds. The first-order valence-electron chi connectivity index (χ1n) is 10.0. The molecular formula is C22H21N5O5. The van der Waals surface area contributed by atoms with Crippen LogP contribution < -0.4 is 10.1 Å². The van der Waals surface area contributed by atoms with Crippen molar-refractivity contribution in [1.82, 2.24) is 19.5 Å². The molecule has 4 atom stereocenters. The van der Waals surface area contributed by atoms with E-state index in [1.54, 1.807) is 0 Å². The van der Waals surface area contributed by atoms with Gasteiger partial charge in [-0.2, -0.15) is 0 Å². The number of imidazole rings is 1. The van der Waals surface area contributed by atoms with Crippen LogP contribution >= 0.6 is 0 Å². The number of aliphatic hydroxyl groups excluding tert-OH is 3. The fourth-order valence-electron chi connectivity index (χ4n) is 3.61. The van der Waals surface area contributed by atoms with E-state index in [1.807, 2.05) is 54.6 Å². The number of rotatable bonds is 6. The van der Waals surface area contributed by atoms with E-state index in [0.717, 1.165) is 11.4 Å². The average molecular weight is 435 g/mol. The highest BCUT2D eigenvalue weighted by molar-refractivity contribution is 5.85. The number of nitrogens with zero attached hydrogens (tertiary/aromatic N) is 4. The number of hydrogen-bond acceptors (Lipinski definition) is 9. The van der Waals surface area contributed by atoms with Gasteiger partial charge in [0.2, 0.25) is 0 Å². The Balaban J connectivity index is 1.36. The van der Waals surface area contributed by atoms with Crippen LogP contribution in [0.1, 0.15) is 6.23 Å². The van der Waals surface area contributed by atoms with Crippen molar-refractivity contribution in [2.24, 2.45) is 0 Å². The molecule has 2 unspecified atom stereocenters. The Kier molecular flexibility index (Phi) is 5.41. The SMILES string of the molecule is OC[C@H]1O[C@@H](n2cnc3c(Nc4ccc(Oc5ccccc5)cc4)ncnc32)C(O)C1O. The second-order valence-electron chi connectivity index (χ2n) is 7.34. The number of fused-ring (bicyclic) bond motifs is 1. The summed E-state index contributed by atoms with van der Waals surface area (Å²) in [6.45, 7) is -0.410. The Hall–Kier alpha value is -3.57. The summed E-state index contributed by atoms with van der Waals surface area (Å²) < 4.78 is 12.9. The number of ether oxygens (including phenoxy) is 2. The number of aliphatic hydroxyl groups is 3. The zero-order valence-corrected chi connectivity index (χ0v) is 16.8. The van der Waals surface area contributed by atoms with Crippen LogP contribution in [0.2, 0.25) is 0 Å². The fraction of sp³-hybridized carbons (Fsp3) is 0.227. The van der Waals surface area contributed by atoms with Crippen molar-refractivity contribution in [2.45, 2.75) is 24.5 Å². The highest BCUT2D eigenvalue weighted by Gasteiger charge is 2.44. The van der Waals surface area contributed by atoms with Gasteiger partial charge in [0.15, 0.2) is 23.2 Å². The Morgan fingerprint density at radius 3 is 2.41 bits per heavy atom. The second kappa shape index (κ2) is 8.52. The van der Waals surface area contributed by atoms with E-state index in [2.05, 4.69) is 20.3 Å². The van der Waals surface area contributed by atoms with E-state index >= 15 is 0 Å². The molecule has 3 heterocycles. The van der Waals surface area contributed by atoms with Crippen LogP contribution in [-0.2, 0) is 4.74 Å². The topological polar surface area (TPSA) is 135 Å². The minimum atomic E-state index is -1.23. The summed E-state index contributed by atoms with van der Waals surface area (Å²) in [6.07, 6.45) is -1.42. The van der Waals surface area contributed by atoms with Crippen molar-refractivity contribution in [1.29, 1.82) is 0 Å². The first kappa shape index (κ1) is 20.3. The first-order chi connectivity index (χ1) is 15.6.